The molecule has 2 heterocycles. The average molecular weight is 290 g/mol. The normalized spacial score (nSPS) is 19.6. The quantitative estimate of drug-likeness (QED) is 0.905. The van der Waals surface area contributed by atoms with Gasteiger partial charge in [-0.1, -0.05) is 6.07 Å². The number of carbonyl (C=O) groups is 1. The van der Waals surface area contributed by atoms with Crippen molar-refractivity contribution in [1.82, 2.24) is 9.80 Å². The van der Waals surface area contributed by atoms with Crippen molar-refractivity contribution in [3.8, 4) is 0 Å². The van der Waals surface area contributed by atoms with Gasteiger partial charge in [-0.3, -0.25) is 9.69 Å². The van der Waals surface area contributed by atoms with Crippen LogP contribution in [0.15, 0.2) is 17.5 Å². The van der Waals surface area contributed by atoms with Gasteiger partial charge >= 0.3 is 0 Å². The van der Waals surface area contributed by atoms with Gasteiger partial charge in [-0.15, -0.1) is 23.7 Å². The Hall–Kier alpha value is -0.620. The minimum Gasteiger partial charge on any atom is -0.340 e. The molecule has 2 rings (SSSR count). The van der Waals surface area contributed by atoms with Crippen LogP contribution in [0, 0.1) is 0 Å². The van der Waals surface area contributed by atoms with Crippen LogP contribution < -0.4 is 5.73 Å². The van der Waals surface area contributed by atoms with Gasteiger partial charge < -0.3 is 10.6 Å². The second-order valence-corrected chi connectivity index (χ2v) is 5.65. The number of hydrogen-bond acceptors (Lipinski definition) is 4. The van der Waals surface area contributed by atoms with Crippen LogP contribution in [0.3, 0.4) is 0 Å². The van der Waals surface area contributed by atoms with Gasteiger partial charge in [0.1, 0.15) is 0 Å². The highest BCUT2D eigenvalue weighted by Gasteiger charge is 2.22. The summed E-state index contributed by atoms with van der Waals surface area (Å²) >= 11 is 1.68. The molecule has 0 saturated carbocycles. The van der Waals surface area contributed by atoms with Gasteiger partial charge in [0.05, 0.1) is 13.1 Å². The van der Waals surface area contributed by atoms with Crippen LogP contribution >= 0.6 is 23.7 Å². The largest absolute Gasteiger partial charge is 0.340 e. The van der Waals surface area contributed by atoms with Crippen molar-refractivity contribution in [2.75, 3.05) is 26.7 Å². The average Bonchev–Trinajstić information content (AvgIpc) is 2.90. The van der Waals surface area contributed by atoms with Gasteiger partial charge in [-0.2, -0.15) is 0 Å². The molecule has 4 nitrogen and oxygen atoms in total. The van der Waals surface area contributed by atoms with Crippen molar-refractivity contribution >= 4 is 29.7 Å². The van der Waals surface area contributed by atoms with E-state index in [1.807, 2.05) is 18.5 Å². The Morgan fingerprint density at radius 2 is 2.44 bits per heavy atom. The van der Waals surface area contributed by atoms with Crippen LogP contribution in [0.25, 0.3) is 0 Å². The summed E-state index contributed by atoms with van der Waals surface area (Å²) in [6.07, 6.45) is 1.00. The first-order chi connectivity index (χ1) is 8.15. The van der Waals surface area contributed by atoms with Gasteiger partial charge in [0.25, 0.3) is 0 Å². The minimum absolute atomic E-state index is 0. The van der Waals surface area contributed by atoms with E-state index in [0.717, 1.165) is 19.5 Å². The van der Waals surface area contributed by atoms with Crippen LogP contribution in [-0.2, 0) is 11.3 Å². The summed E-state index contributed by atoms with van der Waals surface area (Å²) in [6, 6.07) is 4.31. The number of thiophene rings is 1. The molecule has 1 fully saturated rings. The van der Waals surface area contributed by atoms with E-state index >= 15 is 0 Å². The van der Waals surface area contributed by atoms with Crippen LogP contribution in [0.5, 0.6) is 0 Å². The Labute approximate surface area is 118 Å². The van der Waals surface area contributed by atoms with Gasteiger partial charge in [0.2, 0.25) is 5.91 Å². The van der Waals surface area contributed by atoms with Crippen LogP contribution in [0.1, 0.15) is 11.3 Å². The minimum atomic E-state index is 0. The number of nitrogens with two attached hydrogens (primary N) is 1. The third-order valence-electron chi connectivity index (χ3n) is 3.07. The summed E-state index contributed by atoms with van der Waals surface area (Å²) in [5.41, 5.74) is 5.82. The predicted molar refractivity (Wildman–Crippen MR) is 77.1 cm³/mol. The van der Waals surface area contributed by atoms with E-state index in [1.54, 1.807) is 16.2 Å². The molecule has 0 bridgehead atoms. The van der Waals surface area contributed by atoms with E-state index in [-0.39, 0.29) is 24.4 Å². The maximum absolute atomic E-state index is 12.0. The zero-order chi connectivity index (χ0) is 12.3. The zero-order valence-electron chi connectivity index (χ0n) is 10.5. The predicted octanol–water partition coefficient (Wildman–Crippen LogP) is 1.16. The standard InChI is InChI=1S/C12H19N3OS.ClH/c1-14(8-11-3-2-6-17-11)12(16)9-15-5-4-10(13)7-15;/h2-3,6,10H,4-5,7-9,13H2,1H3;1H. The second kappa shape index (κ2) is 7.09. The molecule has 0 radical (unpaired) electrons. The lowest BCUT2D eigenvalue weighted by Gasteiger charge is -2.20. The van der Waals surface area contributed by atoms with Crippen molar-refractivity contribution in [1.29, 1.82) is 0 Å². The van der Waals surface area contributed by atoms with E-state index < -0.39 is 0 Å². The van der Waals surface area contributed by atoms with Gasteiger partial charge in [0, 0.05) is 31.1 Å². The summed E-state index contributed by atoms with van der Waals surface area (Å²) in [4.78, 5) is 17.1. The molecule has 1 aromatic heterocycles. The summed E-state index contributed by atoms with van der Waals surface area (Å²) in [7, 11) is 1.86. The molecule has 18 heavy (non-hydrogen) atoms. The molecule has 6 heteroatoms. The SMILES string of the molecule is CN(Cc1cccs1)C(=O)CN1CCC(N)C1.Cl. The van der Waals surface area contributed by atoms with Crippen molar-refractivity contribution < 1.29 is 4.79 Å². The van der Waals surface area contributed by atoms with Crippen molar-refractivity contribution in [3.05, 3.63) is 22.4 Å². The fourth-order valence-corrected chi connectivity index (χ4v) is 2.80. The Kier molecular flexibility index (Phi) is 6.08. The van der Waals surface area contributed by atoms with E-state index in [1.165, 1.54) is 4.88 Å². The molecule has 0 aliphatic carbocycles. The van der Waals surface area contributed by atoms with Crippen molar-refractivity contribution in [3.63, 3.8) is 0 Å². The van der Waals surface area contributed by atoms with Crippen LogP contribution in [-0.4, -0.2) is 48.4 Å². The zero-order valence-corrected chi connectivity index (χ0v) is 12.2. The number of carbonyl (C=O) groups excluding carboxylic acids is 1. The highest BCUT2D eigenvalue weighted by atomic mass is 35.5. The first-order valence-electron chi connectivity index (χ1n) is 5.89. The molecule has 0 spiro atoms. The number of amides is 1. The Bertz CT molecular complexity index is 371. The molecule has 1 aliphatic heterocycles. The summed E-state index contributed by atoms with van der Waals surface area (Å²) < 4.78 is 0. The summed E-state index contributed by atoms with van der Waals surface area (Å²) in [6.45, 7) is 2.99. The topological polar surface area (TPSA) is 49.6 Å². The lowest BCUT2D eigenvalue weighted by atomic mass is 10.3. The maximum Gasteiger partial charge on any atom is 0.236 e. The molecule has 102 valence electrons. The molecule has 1 aromatic rings. The third kappa shape index (κ3) is 4.24. The van der Waals surface area contributed by atoms with Gasteiger partial charge in [-0.25, -0.2) is 0 Å². The van der Waals surface area contributed by atoms with Crippen LogP contribution in [0.2, 0.25) is 0 Å². The lowest BCUT2D eigenvalue weighted by molar-refractivity contribution is -0.131. The van der Waals surface area contributed by atoms with Gasteiger partial charge in [0.15, 0.2) is 0 Å². The monoisotopic (exact) mass is 289 g/mol. The van der Waals surface area contributed by atoms with Crippen LogP contribution in [0.4, 0.5) is 0 Å². The molecule has 1 saturated heterocycles. The molecule has 2 N–H and O–H groups in total. The molecular formula is C12H20ClN3OS. The lowest BCUT2D eigenvalue weighted by Crippen LogP contribution is -2.38. The highest BCUT2D eigenvalue weighted by molar-refractivity contribution is 7.09. The Morgan fingerprint density at radius 1 is 1.67 bits per heavy atom. The fourth-order valence-electron chi connectivity index (χ4n) is 2.04. The summed E-state index contributed by atoms with van der Waals surface area (Å²) in [5.74, 6) is 0.174. The Balaban J connectivity index is 0.00000162. The first-order valence-corrected chi connectivity index (χ1v) is 6.77. The number of likely N-dealkylation sites (N-methyl/N-ethyl adjacent to an activating group) is 1. The van der Waals surface area contributed by atoms with Crippen molar-refractivity contribution in [2.24, 2.45) is 5.73 Å². The first kappa shape index (κ1) is 15.4. The van der Waals surface area contributed by atoms with E-state index in [2.05, 4.69) is 11.0 Å². The smallest absolute Gasteiger partial charge is 0.236 e. The maximum atomic E-state index is 12.0. The highest BCUT2D eigenvalue weighted by Crippen LogP contribution is 2.12. The molecule has 1 aliphatic rings. The van der Waals surface area contributed by atoms with E-state index in [4.69, 9.17) is 5.73 Å². The number of halogens is 1. The number of likely N-dealkylation sites (tertiary alicyclic amines) is 1. The number of hydrogen-bond donors (Lipinski definition) is 1. The second-order valence-electron chi connectivity index (χ2n) is 4.61. The molecule has 0 aromatic carbocycles. The van der Waals surface area contributed by atoms with Gasteiger partial charge in [-0.05, 0) is 17.9 Å². The fraction of sp³-hybridized carbons (Fsp3) is 0.583. The molecular weight excluding hydrogens is 270 g/mol. The third-order valence-corrected chi connectivity index (χ3v) is 3.93. The number of nitrogens with zero attached hydrogens (tertiary/aromatic N) is 2. The molecule has 1 amide bonds. The van der Waals surface area contributed by atoms with E-state index in [0.29, 0.717) is 13.1 Å². The molecule has 1 unspecified atom stereocenters. The summed E-state index contributed by atoms with van der Waals surface area (Å²) in [5, 5.41) is 2.03. The Morgan fingerprint density at radius 3 is 3.00 bits per heavy atom. The van der Waals surface area contributed by atoms with Crippen molar-refractivity contribution in [2.45, 2.75) is 19.0 Å². The number of rotatable bonds is 4. The molecule has 1 atom stereocenters. The van der Waals surface area contributed by atoms with E-state index in [9.17, 15) is 4.79 Å².